The van der Waals surface area contributed by atoms with Crippen molar-refractivity contribution in [2.75, 3.05) is 26.2 Å². The first-order valence-electron chi connectivity index (χ1n) is 9.04. The van der Waals surface area contributed by atoms with E-state index < -0.39 is 10.0 Å². The smallest absolute Gasteiger partial charge is 0.246 e. The number of amides is 1. The predicted octanol–water partition coefficient (Wildman–Crippen LogP) is 2.62. The molecule has 1 aliphatic rings. The third-order valence-electron chi connectivity index (χ3n) is 4.74. The molecule has 150 valence electrons. The van der Waals surface area contributed by atoms with E-state index >= 15 is 0 Å². The van der Waals surface area contributed by atoms with E-state index in [9.17, 15) is 13.2 Å². The van der Waals surface area contributed by atoms with Gasteiger partial charge in [0, 0.05) is 37.3 Å². The third-order valence-corrected chi connectivity index (χ3v) is 7.24. The Bertz CT molecular complexity index is 981. The van der Waals surface area contributed by atoms with Crippen molar-refractivity contribution in [3.05, 3.63) is 52.3 Å². The fourth-order valence-electron chi connectivity index (χ4n) is 3.28. The van der Waals surface area contributed by atoms with Gasteiger partial charge in [-0.3, -0.25) is 9.89 Å². The number of nitrogens with one attached hydrogen (secondary N) is 1. The van der Waals surface area contributed by atoms with Crippen LogP contribution < -0.4 is 0 Å². The molecule has 0 radical (unpaired) electrons. The number of carbonyl (C=O) groups is 1. The fraction of sp³-hybridized carbons (Fsp3) is 0.368. The number of nitrogens with zero attached hydrogens (tertiary/aromatic N) is 3. The highest BCUT2D eigenvalue weighted by Gasteiger charge is 2.31. The molecule has 1 aromatic carbocycles. The molecule has 0 atom stereocenters. The lowest BCUT2D eigenvalue weighted by atomic mass is 10.2. The molecule has 7 nitrogen and oxygen atoms in total. The van der Waals surface area contributed by atoms with Gasteiger partial charge in [-0.1, -0.05) is 29.8 Å². The van der Waals surface area contributed by atoms with E-state index in [1.54, 1.807) is 30.9 Å². The van der Waals surface area contributed by atoms with E-state index in [-0.39, 0.29) is 17.3 Å². The minimum atomic E-state index is -3.65. The van der Waals surface area contributed by atoms with Crippen LogP contribution in [0.2, 0.25) is 5.02 Å². The van der Waals surface area contributed by atoms with Crippen molar-refractivity contribution in [2.45, 2.75) is 25.2 Å². The van der Waals surface area contributed by atoms with Crippen LogP contribution in [0.3, 0.4) is 0 Å². The van der Waals surface area contributed by atoms with Crippen LogP contribution in [0.25, 0.3) is 6.08 Å². The van der Waals surface area contributed by atoms with Gasteiger partial charge in [-0.15, -0.1) is 0 Å². The van der Waals surface area contributed by atoms with Crippen LogP contribution in [-0.4, -0.2) is 59.9 Å². The number of aromatic amines is 1. The van der Waals surface area contributed by atoms with Crippen LogP contribution in [0.4, 0.5) is 0 Å². The minimum Gasteiger partial charge on any atom is -0.338 e. The highest BCUT2D eigenvalue weighted by molar-refractivity contribution is 7.89. The monoisotopic (exact) mass is 422 g/mol. The second-order valence-corrected chi connectivity index (χ2v) is 8.98. The molecule has 2 aromatic rings. The van der Waals surface area contributed by atoms with Crippen LogP contribution in [0.5, 0.6) is 0 Å². The van der Waals surface area contributed by atoms with E-state index in [1.165, 1.54) is 10.4 Å². The summed E-state index contributed by atoms with van der Waals surface area (Å²) in [4.78, 5) is 14.4. The standard InChI is InChI=1S/C19H23ClN4O3S/c1-14-19(15(2)22-21-14)28(26,27)24-11-5-10-23(12-13-24)18(25)9-8-16-6-3-4-7-17(16)20/h3-4,6-9H,5,10-13H2,1-2H3,(H,21,22)/b9-8+. The zero-order valence-electron chi connectivity index (χ0n) is 15.9. The number of hydrogen-bond acceptors (Lipinski definition) is 4. The Labute approximate surface area is 170 Å². The molecule has 9 heteroatoms. The highest BCUT2D eigenvalue weighted by atomic mass is 35.5. The van der Waals surface area contributed by atoms with Crippen molar-refractivity contribution in [1.82, 2.24) is 19.4 Å². The molecule has 0 saturated carbocycles. The van der Waals surface area contributed by atoms with Crippen molar-refractivity contribution in [1.29, 1.82) is 0 Å². The normalized spacial score (nSPS) is 16.5. The molecule has 1 saturated heterocycles. The van der Waals surface area contributed by atoms with Gasteiger partial charge in [-0.25, -0.2) is 8.42 Å². The second kappa shape index (κ2) is 8.46. The maximum atomic E-state index is 13.0. The molecule has 0 spiro atoms. The summed E-state index contributed by atoms with van der Waals surface area (Å²) < 4.78 is 27.4. The van der Waals surface area contributed by atoms with Crippen molar-refractivity contribution in [3.63, 3.8) is 0 Å². The molecule has 0 aliphatic carbocycles. The number of H-pyrrole nitrogens is 1. The molecule has 28 heavy (non-hydrogen) atoms. The van der Waals surface area contributed by atoms with Crippen molar-refractivity contribution in [2.24, 2.45) is 0 Å². The van der Waals surface area contributed by atoms with Crippen LogP contribution in [0, 0.1) is 13.8 Å². The Morgan fingerprint density at radius 2 is 1.93 bits per heavy atom. The van der Waals surface area contributed by atoms with Crippen LogP contribution >= 0.6 is 11.6 Å². The fourth-order valence-corrected chi connectivity index (χ4v) is 5.28. The van der Waals surface area contributed by atoms with Crippen molar-refractivity contribution in [3.8, 4) is 0 Å². The molecule has 1 aromatic heterocycles. The van der Waals surface area contributed by atoms with Gasteiger partial charge in [-0.2, -0.15) is 9.40 Å². The Kier molecular flexibility index (Phi) is 6.22. The minimum absolute atomic E-state index is 0.158. The molecule has 1 amide bonds. The van der Waals surface area contributed by atoms with Gasteiger partial charge < -0.3 is 4.90 Å². The van der Waals surface area contributed by atoms with Gasteiger partial charge >= 0.3 is 0 Å². The van der Waals surface area contributed by atoms with Crippen LogP contribution in [0.1, 0.15) is 23.4 Å². The summed E-state index contributed by atoms with van der Waals surface area (Å²) in [6.45, 7) is 4.81. The summed E-state index contributed by atoms with van der Waals surface area (Å²) in [5, 5.41) is 7.28. The van der Waals surface area contributed by atoms with Gasteiger partial charge in [0.2, 0.25) is 15.9 Å². The summed E-state index contributed by atoms with van der Waals surface area (Å²) in [7, 11) is -3.65. The van der Waals surface area contributed by atoms with E-state index in [0.717, 1.165) is 5.56 Å². The average Bonchev–Trinajstić information content (AvgIpc) is 2.86. The molecule has 3 rings (SSSR count). The number of sulfonamides is 1. The Morgan fingerprint density at radius 3 is 2.61 bits per heavy atom. The first-order chi connectivity index (χ1) is 13.3. The Hall–Kier alpha value is -2.16. The van der Waals surface area contributed by atoms with E-state index in [1.807, 2.05) is 18.2 Å². The van der Waals surface area contributed by atoms with Crippen molar-refractivity contribution >= 4 is 33.6 Å². The molecule has 1 N–H and O–H groups in total. The second-order valence-electron chi connectivity index (χ2n) is 6.70. The number of hydrogen-bond donors (Lipinski definition) is 1. The molecular weight excluding hydrogens is 400 g/mol. The highest BCUT2D eigenvalue weighted by Crippen LogP contribution is 2.23. The molecule has 0 bridgehead atoms. The van der Waals surface area contributed by atoms with Gasteiger partial charge in [0.25, 0.3) is 0 Å². The summed E-state index contributed by atoms with van der Waals surface area (Å²) in [6, 6.07) is 7.28. The van der Waals surface area contributed by atoms with E-state index in [0.29, 0.717) is 42.5 Å². The topological polar surface area (TPSA) is 86.4 Å². The zero-order valence-corrected chi connectivity index (χ0v) is 17.4. The number of rotatable bonds is 4. The molecule has 2 heterocycles. The van der Waals surface area contributed by atoms with Gasteiger partial charge in [0.15, 0.2) is 0 Å². The largest absolute Gasteiger partial charge is 0.338 e. The first-order valence-corrected chi connectivity index (χ1v) is 10.9. The average molecular weight is 423 g/mol. The van der Waals surface area contributed by atoms with Gasteiger partial charge in [0.1, 0.15) is 4.90 Å². The lowest BCUT2D eigenvalue weighted by Crippen LogP contribution is -2.37. The number of carbonyl (C=O) groups excluding carboxylic acids is 1. The quantitative estimate of drug-likeness (QED) is 0.767. The lowest BCUT2D eigenvalue weighted by molar-refractivity contribution is -0.125. The van der Waals surface area contributed by atoms with E-state index in [2.05, 4.69) is 10.2 Å². The zero-order chi connectivity index (χ0) is 20.3. The van der Waals surface area contributed by atoms with Crippen LogP contribution in [-0.2, 0) is 14.8 Å². The summed E-state index contributed by atoms with van der Waals surface area (Å²) >= 11 is 6.11. The van der Waals surface area contributed by atoms with Crippen molar-refractivity contribution < 1.29 is 13.2 Å². The Morgan fingerprint density at radius 1 is 1.18 bits per heavy atom. The molecule has 1 fully saturated rings. The first kappa shape index (κ1) is 20.6. The lowest BCUT2D eigenvalue weighted by Gasteiger charge is -2.21. The number of halogens is 1. The van der Waals surface area contributed by atoms with E-state index in [4.69, 9.17) is 11.6 Å². The van der Waals surface area contributed by atoms with Gasteiger partial charge in [0.05, 0.1) is 11.4 Å². The maximum absolute atomic E-state index is 13.0. The predicted molar refractivity (Wildman–Crippen MR) is 109 cm³/mol. The summed E-state index contributed by atoms with van der Waals surface area (Å²) in [6.07, 6.45) is 3.73. The molecule has 1 aliphatic heterocycles. The number of benzene rings is 1. The summed E-state index contributed by atoms with van der Waals surface area (Å²) in [5.41, 5.74) is 1.75. The van der Waals surface area contributed by atoms with Gasteiger partial charge in [-0.05, 0) is 38.0 Å². The number of aryl methyl sites for hydroxylation is 2. The Balaban J connectivity index is 1.70. The third kappa shape index (κ3) is 4.29. The molecule has 0 unspecified atom stereocenters. The number of aromatic nitrogens is 2. The molecular formula is C19H23ClN4O3S. The van der Waals surface area contributed by atoms with Crippen LogP contribution in [0.15, 0.2) is 35.2 Å². The maximum Gasteiger partial charge on any atom is 0.246 e. The summed E-state index contributed by atoms with van der Waals surface area (Å²) in [5.74, 6) is -0.158. The SMILES string of the molecule is Cc1n[nH]c(C)c1S(=O)(=O)N1CCCN(C(=O)/C=C/c2ccccc2Cl)CC1.